The van der Waals surface area contributed by atoms with Crippen LogP contribution in [0.2, 0.25) is 0 Å². The van der Waals surface area contributed by atoms with Crippen molar-refractivity contribution in [2.75, 3.05) is 13.7 Å². The molecule has 0 fully saturated rings. The van der Waals surface area contributed by atoms with Crippen LogP contribution in [0.15, 0.2) is 71.1 Å². The molecule has 0 amide bonds. The van der Waals surface area contributed by atoms with Gasteiger partial charge in [0, 0.05) is 10.9 Å². The number of aliphatic hydroxyl groups is 1. The van der Waals surface area contributed by atoms with Crippen LogP contribution in [0.1, 0.15) is 0 Å². The molecule has 1 atom stereocenters. The summed E-state index contributed by atoms with van der Waals surface area (Å²) in [4.78, 5) is 18.1. The van der Waals surface area contributed by atoms with Gasteiger partial charge < -0.3 is 14.6 Å². The van der Waals surface area contributed by atoms with Crippen LogP contribution in [0.5, 0.6) is 11.5 Å². The Morgan fingerprint density at radius 1 is 1.10 bits per heavy atom. The largest absolute Gasteiger partial charge is 0.497 e. The van der Waals surface area contributed by atoms with Crippen molar-refractivity contribution >= 4 is 21.6 Å². The molecule has 0 aliphatic heterocycles. The van der Waals surface area contributed by atoms with Crippen molar-refractivity contribution in [3.63, 3.8) is 0 Å². The average Bonchev–Trinajstić information content (AvgIpc) is 3.20. The summed E-state index contributed by atoms with van der Waals surface area (Å²) in [7, 11) is 1.62. The van der Waals surface area contributed by atoms with Crippen molar-refractivity contribution in [2.45, 2.75) is 12.6 Å². The highest BCUT2D eigenvalue weighted by Crippen LogP contribution is 2.31. The molecule has 29 heavy (non-hydrogen) atoms. The lowest BCUT2D eigenvalue weighted by Gasteiger charge is -2.14. The first-order valence-electron chi connectivity index (χ1n) is 9.12. The van der Waals surface area contributed by atoms with Gasteiger partial charge in [-0.15, -0.1) is 11.3 Å². The summed E-state index contributed by atoms with van der Waals surface area (Å²) in [5.74, 6) is 1.43. The molecule has 2 aromatic heterocycles. The average molecular weight is 408 g/mol. The number of hydrogen-bond donors (Lipinski definition) is 1. The van der Waals surface area contributed by atoms with Crippen molar-refractivity contribution in [3.8, 4) is 22.6 Å². The predicted molar refractivity (Wildman–Crippen MR) is 114 cm³/mol. The Labute approximate surface area is 171 Å². The fourth-order valence-corrected chi connectivity index (χ4v) is 3.98. The molecule has 7 heteroatoms. The monoisotopic (exact) mass is 408 g/mol. The fourth-order valence-electron chi connectivity index (χ4n) is 3.07. The molecular formula is C22H20N2O4S. The molecule has 0 saturated carbocycles. The van der Waals surface area contributed by atoms with Crippen LogP contribution in [-0.2, 0) is 6.54 Å². The Balaban J connectivity index is 1.57. The lowest BCUT2D eigenvalue weighted by molar-refractivity contribution is 0.0915. The van der Waals surface area contributed by atoms with Gasteiger partial charge in [-0.1, -0.05) is 30.3 Å². The quantitative estimate of drug-likeness (QED) is 0.506. The van der Waals surface area contributed by atoms with E-state index in [4.69, 9.17) is 9.47 Å². The third-order valence-corrected chi connectivity index (χ3v) is 5.44. The number of fused-ring (bicyclic) bond motifs is 1. The number of hydrogen-bond acceptors (Lipinski definition) is 6. The number of nitrogens with zero attached hydrogens (tertiary/aromatic N) is 2. The molecule has 0 saturated heterocycles. The molecule has 0 bridgehead atoms. The normalized spacial score (nSPS) is 12.1. The van der Waals surface area contributed by atoms with Gasteiger partial charge in [0.1, 0.15) is 29.0 Å². The summed E-state index contributed by atoms with van der Waals surface area (Å²) in [5, 5.41) is 12.8. The smallest absolute Gasteiger partial charge is 0.262 e. The Bertz CT molecular complexity index is 1150. The van der Waals surface area contributed by atoms with E-state index in [1.807, 2.05) is 60.0 Å². The third-order valence-electron chi connectivity index (χ3n) is 4.55. The molecule has 6 nitrogen and oxygen atoms in total. The van der Waals surface area contributed by atoms with Crippen LogP contribution in [0.25, 0.3) is 21.3 Å². The van der Waals surface area contributed by atoms with Crippen molar-refractivity contribution in [1.82, 2.24) is 9.55 Å². The number of rotatable bonds is 7. The Morgan fingerprint density at radius 3 is 2.59 bits per heavy atom. The maximum Gasteiger partial charge on any atom is 0.262 e. The number of aliphatic hydroxyl groups excluding tert-OH is 1. The molecule has 1 N–H and O–H groups in total. The van der Waals surface area contributed by atoms with Gasteiger partial charge in [-0.3, -0.25) is 9.36 Å². The Hall–Kier alpha value is -3.16. The van der Waals surface area contributed by atoms with Crippen LogP contribution >= 0.6 is 11.3 Å². The van der Waals surface area contributed by atoms with Gasteiger partial charge in [0.15, 0.2) is 0 Å². The summed E-state index contributed by atoms with van der Waals surface area (Å²) >= 11 is 1.43. The second-order valence-electron chi connectivity index (χ2n) is 6.54. The lowest BCUT2D eigenvalue weighted by atomic mass is 10.1. The maximum absolute atomic E-state index is 13.1. The van der Waals surface area contributed by atoms with Gasteiger partial charge in [0.25, 0.3) is 5.56 Å². The van der Waals surface area contributed by atoms with Crippen LogP contribution in [-0.4, -0.2) is 34.5 Å². The number of methoxy groups -OCH3 is 1. The van der Waals surface area contributed by atoms with E-state index in [9.17, 15) is 9.90 Å². The maximum atomic E-state index is 13.1. The van der Waals surface area contributed by atoms with E-state index in [2.05, 4.69) is 4.98 Å². The van der Waals surface area contributed by atoms with Gasteiger partial charge in [-0.2, -0.15) is 0 Å². The van der Waals surface area contributed by atoms with Gasteiger partial charge in [-0.25, -0.2) is 4.98 Å². The Morgan fingerprint density at radius 2 is 1.86 bits per heavy atom. The third kappa shape index (κ3) is 4.16. The van der Waals surface area contributed by atoms with E-state index >= 15 is 0 Å². The van der Waals surface area contributed by atoms with Crippen LogP contribution in [0, 0.1) is 0 Å². The van der Waals surface area contributed by atoms with E-state index in [-0.39, 0.29) is 18.7 Å². The Kier molecular flexibility index (Phi) is 5.59. The SMILES string of the molecule is COc1ccc(-c2csc3ncn(C[C@@H](O)COc4ccccc4)c(=O)c23)cc1. The minimum Gasteiger partial charge on any atom is -0.497 e. The minimum absolute atomic E-state index is 0.0868. The molecule has 148 valence electrons. The number of benzene rings is 2. The predicted octanol–water partition coefficient (Wildman–Crippen LogP) is 3.57. The van der Waals surface area contributed by atoms with E-state index in [0.29, 0.717) is 16.0 Å². The molecular weight excluding hydrogens is 388 g/mol. The van der Waals surface area contributed by atoms with E-state index in [0.717, 1.165) is 16.9 Å². The summed E-state index contributed by atoms with van der Waals surface area (Å²) in [5.41, 5.74) is 1.57. The van der Waals surface area contributed by atoms with Gasteiger partial charge in [0.2, 0.25) is 0 Å². The van der Waals surface area contributed by atoms with Gasteiger partial charge in [-0.05, 0) is 29.8 Å². The van der Waals surface area contributed by atoms with Crippen molar-refractivity contribution < 1.29 is 14.6 Å². The standard InChI is InChI=1S/C22H20N2O4S/c1-27-17-9-7-15(8-10-17)19-13-29-21-20(19)22(26)24(14-23-21)11-16(25)12-28-18-5-3-2-4-6-18/h2-10,13-14,16,25H,11-12H2,1H3/t16-/m1/s1. The second-order valence-corrected chi connectivity index (χ2v) is 7.40. The topological polar surface area (TPSA) is 73.6 Å². The number of para-hydroxylation sites is 1. The zero-order chi connectivity index (χ0) is 20.2. The number of ether oxygens (including phenoxy) is 2. The minimum atomic E-state index is -0.838. The molecule has 2 aromatic carbocycles. The van der Waals surface area contributed by atoms with Crippen molar-refractivity contribution in [2.24, 2.45) is 0 Å². The number of aromatic nitrogens is 2. The highest BCUT2D eigenvalue weighted by molar-refractivity contribution is 7.17. The fraction of sp³-hybridized carbons (Fsp3) is 0.182. The first-order valence-corrected chi connectivity index (χ1v) is 10.0. The van der Waals surface area contributed by atoms with Crippen LogP contribution < -0.4 is 15.0 Å². The van der Waals surface area contributed by atoms with Gasteiger partial charge in [0.05, 0.1) is 25.4 Å². The van der Waals surface area contributed by atoms with Gasteiger partial charge >= 0.3 is 0 Å². The molecule has 4 aromatic rings. The number of thiophene rings is 1. The highest BCUT2D eigenvalue weighted by atomic mass is 32.1. The molecule has 0 radical (unpaired) electrons. The molecule has 2 heterocycles. The molecule has 0 spiro atoms. The first-order chi connectivity index (χ1) is 14.2. The zero-order valence-electron chi connectivity index (χ0n) is 15.8. The van der Waals surface area contributed by atoms with Crippen LogP contribution in [0.3, 0.4) is 0 Å². The zero-order valence-corrected chi connectivity index (χ0v) is 16.6. The highest BCUT2D eigenvalue weighted by Gasteiger charge is 2.15. The van der Waals surface area contributed by atoms with Crippen molar-refractivity contribution in [3.05, 3.63) is 76.7 Å². The first kappa shape index (κ1) is 19.2. The van der Waals surface area contributed by atoms with Crippen molar-refractivity contribution in [1.29, 1.82) is 0 Å². The van der Waals surface area contributed by atoms with Crippen LogP contribution in [0.4, 0.5) is 0 Å². The lowest BCUT2D eigenvalue weighted by Crippen LogP contribution is -2.30. The van der Waals surface area contributed by atoms with E-state index < -0.39 is 6.10 Å². The molecule has 0 aliphatic rings. The van der Waals surface area contributed by atoms with E-state index in [1.54, 1.807) is 7.11 Å². The summed E-state index contributed by atoms with van der Waals surface area (Å²) in [6.07, 6.45) is 0.639. The molecule has 0 unspecified atom stereocenters. The summed E-state index contributed by atoms with van der Waals surface area (Å²) in [6, 6.07) is 16.8. The second kappa shape index (κ2) is 8.46. The molecule has 0 aliphatic carbocycles. The summed E-state index contributed by atoms with van der Waals surface area (Å²) in [6.45, 7) is 0.190. The molecule has 4 rings (SSSR count). The van der Waals surface area contributed by atoms with E-state index in [1.165, 1.54) is 22.2 Å². The summed E-state index contributed by atoms with van der Waals surface area (Å²) < 4.78 is 12.2.